The van der Waals surface area contributed by atoms with Gasteiger partial charge in [-0.25, -0.2) is 8.42 Å². The number of carbonyl (C=O) groups is 2. The van der Waals surface area contributed by atoms with Crippen molar-refractivity contribution >= 4 is 22.0 Å². The third kappa shape index (κ3) is 4.55. The van der Waals surface area contributed by atoms with Crippen molar-refractivity contribution in [2.45, 2.75) is 12.1 Å². The average Bonchev–Trinajstić information content (AvgIpc) is 2.21. The Morgan fingerprint density at radius 2 is 1.62 bits per heavy atom. The van der Waals surface area contributed by atoms with Gasteiger partial charge in [-0.3, -0.25) is 9.59 Å². The molecule has 0 fully saturated rings. The van der Waals surface area contributed by atoms with Gasteiger partial charge in [0.05, 0.1) is 20.5 Å². The average molecular weight is 254 g/mol. The van der Waals surface area contributed by atoms with Crippen molar-refractivity contribution < 1.29 is 27.5 Å². The highest BCUT2D eigenvalue weighted by atomic mass is 32.2. The molecule has 8 nitrogen and oxygen atoms in total. The maximum absolute atomic E-state index is 11.2. The zero-order valence-electron chi connectivity index (χ0n) is 9.09. The smallest absolute Gasteiger partial charge is 0.326 e. The van der Waals surface area contributed by atoms with Crippen LogP contribution in [0.4, 0.5) is 0 Å². The van der Waals surface area contributed by atoms with E-state index in [1.807, 2.05) is 4.72 Å². The van der Waals surface area contributed by atoms with Crippen molar-refractivity contribution in [3.8, 4) is 0 Å². The summed E-state index contributed by atoms with van der Waals surface area (Å²) < 4.78 is 32.4. The number of carbonyl (C=O) groups excluding carboxylic acids is 2. The summed E-state index contributed by atoms with van der Waals surface area (Å²) in [6.07, 6.45) is 0.826. The van der Waals surface area contributed by atoms with Crippen LogP contribution in [-0.2, 0) is 29.1 Å². The van der Waals surface area contributed by atoms with Crippen LogP contribution in [0, 0.1) is 0 Å². The first kappa shape index (κ1) is 14.8. The van der Waals surface area contributed by atoms with Gasteiger partial charge in [-0.1, -0.05) is 0 Å². The lowest BCUT2D eigenvalue weighted by Gasteiger charge is -2.19. The molecule has 0 amide bonds. The lowest BCUT2D eigenvalue weighted by atomic mass is 10.1. The molecule has 0 heterocycles. The molecule has 0 saturated carbocycles. The van der Waals surface area contributed by atoms with Crippen LogP contribution in [0.2, 0.25) is 0 Å². The SMILES string of the molecule is COC(=O)[C@@H](N)[C@@H](NS(C)(=O)=O)C(=O)OC. The van der Waals surface area contributed by atoms with Crippen molar-refractivity contribution in [3.63, 3.8) is 0 Å². The van der Waals surface area contributed by atoms with Crippen LogP contribution in [0.25, 0.3) is 0 Å². The van der Waals surface area contributed by atoms with Crippen LogP contribution in [0.5, 0.6) is 0 Å². The number of hydrogen-bond donors (Lipinski definition) is 2. The van der Waals surface area contributed by atoms with E-state index in [1.54, 1.807) is 0 Å². The Morgan fingerprint density at radius 1 is 1.19 bits per heavy atom. The van der Waals surface area contributed by atoms with Gasteiger partial charge < -0.3 is 15.2 Å². The van der Waals surface area contributed by atoms with Gasteiger partial charge in [0.15, 0.2) is 0 Å². The fourth-order valence-electron chi connectivity index (χ4n) is 0.898. The summed E-state index contributed by atoms with van der Waals surface area (Å²) in [6.45, 7) is 0. The molecule has 0 rings (SSSR count). The molecule has 0 aromatic rings. The first-order chi connectivity index (χ1) is 7.22. The molecule has 94 valence electrons. The summed E-state index contributed by atoms with van der Waals surface area (Å²) in [5.74, 6) is -1.89. The van der Waals surface area contributed by atoms with Crippen LogP contribution >= 0.6 is 0 Å². The Labute approximate surface area is 93.1 Å². The Kier molecular flexibility index (Phi) is 5.35. The van der Waals surface area contributed by atoms with Crippen molar-refractivity contribution in [1.29, 1.82) is 0 Å². The van der Waals surface area contributed by atoms with Crippen LogP contribution < -0.4 is 10.5 Å². The molecule has 0 aliphatic carbocycles. The molecule has 0 bridgehead atoms. The lowest BCUT2D eigenvalue weighted by molar-refractivity contribution is -0.150. The first-order valence-electron chi connectivity index (χ1n) is 4.11. The second kappa shape index (κ2) is 5.77. The minimum Gasteiger partial charge on any atom is -0.468 e. The fourth-order valence-corrected chi connectivity index (χ4v) is 1.60. The Hall–Kier alpha value is -1.19. The monoisotopic (exact) mass is 254 g/mol. The Balaban J connectivity index is 4.95. The minimum absolute atomic E-state index is 0.826. The molecule has 0 aromatic carbocycles. The van der Waals surface area contributed by atoms with Gasteiger partial charge in [-0.2, -0.15) is 4.72 Å². The molecule has 3 N–H and O–H groups in total. The molecule has 0 aromatic heterocycles. The number of sulfonamides is 1. The highest BCUT2D eigenvalue weighted by Crippen LogP contribution is 1.98. The number of ether oxygens (including phenoxy) is 2. The normalized spacial score (nSPS) is 15.0. The van der Waals surface area contributed by atoms with Gasteiger partial charge in [0.25, 0.3) is 0 Å². The number of esters is 2. The van der Waals surface area contributed by atoms with Gasteiger partial charge in [0.1, 0.15) is 12.1 Å². The molecule has 0 unspecified atom stereocenters. The zero-order valence-corrected chi connectivity index (χ0v) is 9.91. The van der Waals surface area contributed by atoms with Crippen LogP contribution in [-0.4, -0.2) is 52.9 Å². The first-order valence-corrected chi connectivity index (χ1v) is 6.00. The van der Waals surface area contributed by atoms with E-state index in [2.05, 4.69) is 9.47 Å². The van der Waals surface area contributed by atoms with E-state index in [1.165, 1.54) is 0 Å². The van der Waals surface area contributed by atoms with E-state index in [0.717, 1.165) is 20.5 Å². The topological polar surface area (TPSA) is 125 Å². The van der Waals surface area contributed by atoms with E-state index in [4.69, 9.17) is 5.73 Å². The van der Waals surface area contributed by atoms with E-state index in [9.17, 15) is 18.0 Å². The van der Waals surface area contributed by atoms with E-state index < -0.39 is 34.0 Å². The standard InChI is InChI=1S/C7H14N2O6S/c1-14-6(10)4(8)5(7(11)15-2)9-16(3,12)13/h4-5,9H,8H2,1-3H3/t4-,5+/m0/s1. The van der Waals surface area contributed by atoms with Gasteiger partial charge in [0.2, 0.25) is 10.0 Å². The predicted octanol–water partition coefficient (Wildman–Crippen LogP) is -2.42. The van der Waals surface area contributed by atoms with E-state index >= 15 is 0 Å². The summed E-state index contributed by atoms with van der Waals surface area (Å²) in [6, 6.07) is -2.97. The Morgan fingerprint density at radius 3 is 1.94 bits per heavy atom. The van der Waals surface area contributed by atoms with Crippen LogP contribution in [0.1, 0.15) is 0 Å². The maximum Gasteiger partial charge on any atom is 0.326 e. The van der Waals surface area contributed by atoms with Crippen molar-refractivity contribution in [2.24, 2.45) is 5.73 Å². The third-order valence-corrected chi connectivity index (χ3v) is 2.31. The number of hydrogen-bond acceptors (Lipinski definition) is 7. The lowest BCUT2D eigenvalue weighted by Crippen LogP contribution is -2.56. The summed E-state index contributed by atoms with van der Waals surface area (Å²) in [5.41, 5.74) is 5.35. The molecular weight excluding hydrogens is 240 g/mol. The molecule has 2 atom stereocenters. The second-order valence-corrected chi connectivity index (χ2v) is 4.72. The predicted molar refractivity (Wildman–Crippen MR) is 53.8 cm³/mol. The van der Waals surface area contributed by atoms with Crippen LogP contribution in [0.15, 0.2) is 0 Å². The highest BCUT2D eigenvalue weighted by molar-refractivity contribution is 7.88. The summed E-state index contributed by atoms with van der Waals surface area (Å²) >= 11 is 0. The van der Waals surface area contributed by atoms with Gasteiger partial charge in [0, 0.05) is 0 Å². The molecule has 0 spiro atoms. The zero-order chi connectivity index (χ0) is 12.9. The molecule has 0 aliphatic rings. The third-order valence-electron chi connectivity index (χ3n) is 1.63. The second-order valence-electron chi connectivity index (χ2n) is 2.94. The molecule has 0 aliphatic heterocycles. The van der Waals surface area contributed by atoms with E-state index in [-0.39, 0.29) is 0 Å². The largest absolute Gasteiger partial charge is 0.468 e. The summed E-state index contributed by atoms with van der Waals surface area (Å²) in [4.78, 5) is 22.3. The maximum atomic E-state index is 11.2. The summed E-state index contributed by atoms with van der Waals surface area (Å²) in [7, 11) is -1.59. The minimum atomic E-state index is -3.70. The number of nitrogens with two attached hydrogens (primary N) is 1. The van der Waals surface area contributed by atoms with Crippen molar-refractivity contribution in [3.05, 3.63) is 0 Å². The highest BCUT2D eigenvalue weighted by Gasteiger charge is 2.34. The fraction of sp³-hybridized carbons (Fsp3) is 0.714. The molecular formula is C7H14N2O6S. The Bertz CT molecular complexity index is 365. The summed E-state index contributed by atoms with van der Waals surface area (Å²) in [5, 5.41) is 0. The van der Waals surface area contributed by atoms with Gasteiger partial charge in [-0.15, -0.1) is 0 Å². The number of nitrogens with one attached hydrogen (secondary N) is 1. The quantitative estimate of drug-likeness (QED) is 0.523. The van der Waals surface area contributed by atoms with Crippen molar-refractivity contribution in [2.75, 3.05) is 20.5 Å². The molecule has 16 heavy (non-hydrogen) atoms. The molecule has 0 radical (unpaired) electrons. The van der Waals surface area contributed by atoms with Crippen LogP contribution in [0.3, 0.4) is 0 Å². The molecule has 0 saturated heterocycles. The van der Waals surface area contributed by atoms with E-state index in [0.29, 0.717) is 0 Å². The number of methoxy groups -OCH3 is 2. The van der Waals surface area contributed by atoms with Gasteiger partial charge in [-0.05, 0) is 0 Å². The van der Waals surface area contributed by atoms with Gasteiger partial charge >= 0.3 is 11.9 Å². The van der Waals surface area contributed by atoms with Crippen molar-refractivity contribution in [1.82, 2.24) is 4.72 Å². The number of rotatable bonds is 5. The molecule has 9 heteroatoms.